The van der Waals surface area contributed by atoms with Crippen molar-refractivity contribution < 1.29 is 17.9 Å². The second-order valence-corrected chi connectivity index (χ2v) is 7.38. The van der Waals surface area contributed by atoms with Crippen molar-refractivity contribution in [1.29, 1.82) is 5.26 Å². The van der Waals surface area contributed by atoms with E-state index in [1.54, 1.807) is 12.1 Å². The summed E-state index contributed by atoms with van der Waals surface area (Å²) >= 11 is 0. The van der Waals surface area contributed by atoms with E-state index in [1.165, 1.54) is 35.7 Å². The van der Waals surface area contributed by atoms with Gasteiger partial charge in [-0.2, -0.15) is 9.57 Å². The van der Waals surface area contributed by atoms with E-state index in [2.05, 4.69) is 10.2 Å². The minimum absolute atomic E-state index is 0.163. The first kappa shape index (κ1) is 17.1. The summed E-state index contributed by atoms with van der Waals surface area (Å²) in [6.45, 7) is 0.590. The topological polar surface area (TPSA) is 105 Å². The van der Waals surface area contributed by atoms with Crippen LogP contribution in [0.5, 0.6) is 11.8 Å². The normalized spacial score (nSPS) is 17.8. The Morgan fingerprint density at radius 3 is 2.44 bits per heavy atom. The standard InChI is InChI=1S/C16H16N4O4S/c1-23-15-6-7-16(19-18-15)24-13-8-9-20(11-13)25(21,22)14-4-2-12(10-17)3-5-14/h2-7,13H,8-9,11H2,1H3/t13-/m0/s1. The lowest BCUT2D eigenvalue weighted by atomic mass is 10.2. The van der Waals surface area contributed by atoms with Gasteiger partial charge in [0.15, 0.2) is 0 Å². The summed E-state index contributed by atoms with van der Waals surface area (Å²) in [6.07, 6.45) is 0.263. The number of sulfonamides is 1. The van der Waals surface area contributed by atoms with Crippen molar-refractivity contribution in [3.05, 3.63) is 42.0 Å². The van der Waals surface area contributed by atoms with Crippen molar-refractivity contribution in [2.75, 3.05) is 20.2 Å². The number of hydrogen-bond acceptors (Lipinski definition) is 7. The maximum absolute atomic E-state index is 12.7. The second-order valence-electron chi connectivity index (χ2n) is 5.44. The van der Waals surface area contributed by atoms with Crippen LogP contribution in [0.3, 0.4) is 0 Å². The highest BCUT2D eigenvalue weighted by molar-refractivity contribution is 7.89. The Bertz CT molecular complexity index is 876. The molecule has 3 rings (SSSR count). The van der Waals surface area contributed by atoms with E-state index in [1.807, 2.05) is 6.07 Å². The molecular formula is C16H16N4O4S. The van der Waals surface area contributed by atoms with Crippen molar-refractivity contribution in [3.63, 3.8) is 0 Å². The Morgan fingerprint density at radius 1 is 1.16 bits per heavy atom. The molecular weight excluding hydrogens is 344 g/mol. The molecule has 2 aromatic rings. The van der Waals surface area contributed by atoms with Crippen molar-refractivity contribution in [1.82, 2.24) is 14.5 Å². The molecule has 1 fully saturated rings. The highest BCUT2D eigenvalue weighted by Gasteiger charge is 2.33. The van der Waals surface area contributed by atoms with Gasteiger partial charge in [0, 0.05) is 18.7 Å². The third-order valence-corrected chi connectivity index (χ3v) is 5.72. The maximum atomic E-state index is 12.7. The van der Waals surface area contributed by atoms with Gasteiger partial charge in [0.25, 0.3) is 0 Å². The van der Waals surface area contributed by atoms with Crippen LogP contribution in [0.4, 0.5) is 0 Å². The second kappa shape index (κ2) is 7.04. The lowest BCUT2D eigenvalue weighted by molar-refractivity contribution is 0.203. The van der Waals surface area contributed by atoms with Gasteiger partial charge in [0.1, 0.15) is 6.10 Å². The molecule has 25 heavy (non-hydrogen) atoms. The van der Waals surface area contributed by atoms with Crippen LogP contribution >= 0.6 is 0 Å². The predicted molar refractivity (Wildman–Crippen MR) is 87.5 cm³/mol. The van der Waals surface area contributed by atoms with Crippen molar-refractivity contribution in [2.24, 2.45) is 0 Å². The fourth-order valence-electron chi connectivity index (χ4n) is 2.51. The Balaban J connectivity index is 1.67. The minimum atomic E-state index is -3.61. The van der Waals surface area contributed by atoms with Crippen LogP contribution in [0.25, 0.3) is 0 Å². The van der Waals surface area contributed by atoms with E-state index in [0.29, 0.717) is 30.3 Å². The summed E-state index contributed by atoms with van der Waals surface area (Å²) in [7, 11) is -2.12. The molecule has 0 radical (unpaired) electrons. The van der Waals surface area contributed by atoms with Crippen LogP contribution in [0, 0.1) is 11.3 Å². The highest BCUT2D eigenvalue weighted by atomic mass is 32.2. The molecule has 1 aromatic carbocycles. The van der Waals surface area contributed by atoms with Gasteiger partial charge < -0.3 is 9.47 Å². The fraction of sp³-hybridized carbons (Fsp3) is 0.312. The van der Waals surface area contributed by atoms with Crippen molar-refractivity contribution in [2.45, 2.75) is 17.4 Å². The minimum Gasteiger partial charge on any atom is -0.480 e. The molecule has 1 aliphatic heterocycles. The Labute approximate surface area is 145 Å². The molecule has 1 aliphatic rings. The SMILES string of the molecule is COc1ccc(O[C@H]2CCN(S(=O)(=O)c3ccc(C#N)cc3)C2)nn1. The van der Waals surface area contributed by atoms with Gasteiger partial charge >= 0.3 is 0 Å². The van der Waals surface area contributed by atoms with E-state index in [-0.39, 0.29) is 17.5 Å². The van der Waals surface area contributed by atoms with E-state index in [4.69, 9.17) is 14.7 Å². The molecule has 2 heterocycles. The number of rotatable bonds is 5. The molecule has 0 amide bonds. The molecule has 0 unspecified atom stereocenters. The molecule has 1 atom stereocenters. The van der Waals surface area contributed by atoms with Crippen molar-refractivity contribution in [3.8, 4) is 17.8 Å². The average Bonchev–Trinajstić information content (AvgIpc) is 3.12. The summed E-state index contributed by atoms with van der Waals surface area (Å²) in [5.74, 6) is 0.701. The summed E-state index contributed by atoms with van der Waals surface area (Å²) in [4.78, 5) is 0.163. The molecule has 0 N–H and O–H groups in total. The molecule has 130 valence electrons. The molecule has 9 heteroatoms. The zero-order valence-electron chi connectivity index (χ0n) is 13.5. The van der Waals surface area contributed by atoms with Gasteiger partial charge in [0.05, 0.1) is 30.2 Å². The number of nitrogens with zero attached hydrogens (tertiary/aromatic N) is 4. The van der Waals surface area contributed by atoms with Crippen LogP contribution in [-0.4, -0.2) is 49.2 Å². The number of benzene rings is 1. The van der Waals surface area contributed by atoms with Crippen LogP contribution in [-0.2, 0) is 10.0 Å². The summed E-state index contributed by atoms with van der Waals surface area (Å²) in [5.41, 5.74) is 0.416. The Hall–Kier alpha value is -2.70. The summed E-state index contributed by atoms with van der Waals surface area (Å²) in [6, 6.07) is 11.1. The molecule has 1 saturated heterocycles. The van der Waals surface area contributed by atoms with Gasteiger partial charge in [0.2, 0.25) is 21.8 Å². The van der Waals surface area contributed by atoms with Gasteiger partial charge in [-0.1, -0.05) is 0 Å². The van der Waals surface area contributed by atoms with Crippen LogP contribution in [0.1, 0.15) is 12.0 Å². The number of nitriles is 1. The smallest absolute Gasteiger partial charge is 0.243 e. The lowest BCUT2D eigenvalue weighted by Gasteiger charge is -2.17. The molecule has 0 aliphatic carbocycles. The number of methoxy groups -OCH3 is 1. The van der Waals surface area contributed by atoms with Gasteiger partial charge in [-0.05, 0) is 30.7 Å². The van der Waals surface area contributed by atoms with Gasteiger partial charge in [-0.25, -0.2) is 8.42 Å². The number of hydrogen-bond donors (Lipinski definition) is 0. The Morgan fingerprint density at radius 2 is 1.84 bits per heavy atom. The van der Waals surface area contributed by atoms with E-state index in [9.17, 15) is 8.42 Å². The summed E-state index contributed by atoms with van der Waals surface area (Å²) < 4.78 is 37.3. The zero-order chi connectivity index (χ0) is 17.9. The van der Waals surface area contributed by atoms with Crippen molar-refractivity contribution >= 4 is 10.0 Å². The summed E-state index contributed by atoms with van der Waals surface area (Å²) in [5, 5.41) is 16.5. The first-order chi connectivity index (χ1) is 12.0. The lowest BCUT2D eigenvalue weighted by Crippen LogP contribution is -2.31. The third-order valence-electron chi connectivity index (χ3n) is 3.84. The third kappa shape index (κ3) is 3.70. The van der Waals surface area contributed by atoms with Crippen LogP contribution in [0.15, 0.2) is 41.3 Å². The number of aromatic nitrogens is 2. The van der Waals surface area contributed by atoms with Crippen LogP contribution in [0.2, 0.25) is 0 Å². The van der Waals surface area contributed by atoms with Crippen LogP contribution < -0.4 is 9.47 Å². The molecule has 0 saturated carbocycles. The van der Waals surface area contributed by atoms with Gasteiger partial charge in [-0.3, -0.25) is 0 Å². The average molecular weight is 360 g/mol. The highest BCUT2D eigenvalue weighted by Crippen LogP contribution is 2.24. The molecule has 0 spiro atoms. The largest absolute Gasteiger partial charge is 0.480 e. The van der Waals surface area contributed by atoms with E-state index in [0.717, 1.165) is 0 Å². The molecule has 8 nitrogen and oxygen atoms in total. The first-order valence-electron chi connectivity index (χ1n) is 7.57. The zero-order valence-corrected chi connectivity index (χ0v) is 14.3. The molecule has 1 aromatic heterocycles. The predicted octanol–water partition coefficient (Wildman–Crippen LogP) is 1.20. The monoisotopic (exact) mass is 360 g/mol. The van der Waals surface area contributed by atoms with Gasteiger partial charge in [-0.15, -0.1) is 10.2 Å². The van der Waals surface area contributed by atoms with E-state index < -0.39 is 10.0 Å². The quantitative estimate of drug-likeness (QED) is 0.789. The molecule has 0 bridgehead atoms. The number of ether oxygens (including phenoxy) is 2. The Kier molecular flexibility index (Phi) is 4.83. The van der Waals surface area contributed by atoms with E-state index >= 15 is 0 Å². The maximum Gasteiger partial charge on any atom is 0.243 e. The fourth-order valence-corrected chi connectivity index (χ4v) is 4.00. The first-order valence-corrected chi connectivity index (χ1v) is 9.01.